The molecule has 0 saturated heterocycles. The van der Waals surface area contributed by atoms with Crippen LogP contribution in [-0.4, -0.2) is 39.2 Å². The lowest BCUT2D eigenvalue weighted by atomic mass is 9.82. The minimum absolute atomic E-state index is 0.456. The number of nitrogens with two attached hydrogens (primary N) is 1. The summed E-state index contributed by atoms with van der Waals surface area (Å²) in [6, 6.07) is 5.60. The molecule has 1 aromatic rings. The van der Waals surface area contributed by atoms with Crippen LogP contribution in [0.5, 0.6) is 5.75 Å². The molecule has 7 heteroatoms. The topological polar surface area (TPSA) is 88.2 Å². The first-order chi connectivity index (χ1) is 11.2. The third kappa shape index (κ3) is 2.92. The smallest absolute Gasteiger partial charge is 0.413 e. The molecule has 1 spiro atoms. The molecule has 0 fully saturated rings. The van der Waals surface area contributed by atoms with E-state index in [-0.39, 0.29) is 0 Å². The molecule has 2 aliphatic rings. The Labute approximate surface area is 146 Å². The number of amides is 1. The Morgan fingerprint density at radius 3 is 2.83 bits per heavy atom. The first-order valence-corrected chi connectivity index (χ1v) is 9.00. The van der Waals surface area contributed by atoms with E-state index >= 15 is 0 Å². The molecule has 3 N–H and O–H groups in total. The Hall–Kier alpha value is -1.89. The number of carboxylic acid groups (broad SMARTS) is 1. The number of carbonyl (C=O) groups is 1. The van der Waals surface area contributed by atoms with Gasteiger partial charge in [-0.2, -0.15) is 0 Å². The third-order valence-corrected chi connectivity index (χ3v) is 5.33. The number of amidine groups is 1. The lowest BCUT2D eigenvalue weighted by molar-refractivity contribution is 0.140. The van der Waals surface area contributed by atoms with Crippen LogP contribution in [0.25, 0.3) is 0 Å². The van der Waals surface area contributed by atoms with Gasteiger partial charge in [0, 0.05) is 29.0 Å². The molecule has 1 aromatic carbocycles. The molecule has 6 nitrogen and oxygen atoms in total. The largest absolute Gasteiger partial charge is 0.493 e. The molecule has 1 amide bonds. The van der Waals surface area contributed by atoms with Gasteiger partial charge >= 0.3 is 6.09 Å². The molecule has 3 rings (SSSR count). The molecular weight excluding hydrogens is 326 g/mol. The minimum Gasteiger partial charge on any atom is -0.493 e. The summed E-state index contributed by atoms with van der Waals surface area (Å²) in [6.07, 6.45) is 0.592. The van der Waals surface area contributed by atoms with Crippen LogP contribution < -0.4 is 10.5 Å². The zero-order chi connectivity index (χ0) is 17.5. The average molecular weight is 349 g/mol. The Balaban J connectivity index is 2.10. The summed E-state index contributed by atoms with van der Waals surface area (Å²) in [6.45, 7) is 6.20. The van der Waals surface area contributed by atoms with Crippen molar-refractivity contribution in [1.82, 2.24) is 4.90 Å². The fourth-order valence-electron chi connectivity index (χ4n) is 3.23. The molecule has 1 atom stereocenters. The van der Waals surface area contributed by atoms with Crippen LogP contribution in [-0.2, 0) is 5.54 Å². The van der Waals surface area contributed by atoms with Crippen molar-refractivity contribution in [2.24, 2.45) is 4.99 Å². The number of fused-ring (bicyclic) bond motifs is 2. The zero-order valence-electron chi connectivity index (χ0n) is 14.2. The van der Waals surface area contributed by atoms with Crippen molar-refractivity contribution in [3.8, 4) is 5.75 Å². The number of hydrogen-bond acceptors (Lipinski definition) is 5. The first-order valence-electron chi connectivity index (χ1n) is 8.02. The van der Waals surface area contributed by atoms with Crippen LogP contribution in [0.15, 0.2) is 23.2 Å². The summed E-state index contributed by atoms with van der Waals surface area (Å²) < 4.78 is 5.75. The average Bonchev–Trinajstić information content (AvgIpc) is 2.47. The number of nitrogens with zero attached hydrogens (tertiary/aromatic N) is 2. The van der Waals surface area contributed by atoms with Gasteiger partial charge in [0.25, 0.3) is 0 Å². The van der Waals surface area contributed by atoms with E-state index in [1.54, 1.807) is 0 Å². The van der Waals surface area contributed by atoms with Crippen molar-refractivity contribution in [1.29, 1.82) is 0 Å². The highest BCUT2D eigenvalue weighted by atomic mass is 32.2. The van der Waals surface area contributed by atoms with E-state index in [0.29, 0.717) is 17.5 Å². The monoisotopic (exact) mass is 349 g/mol. The summed E-state index contributed by atoms with van der Waals surface area (Å²) in [5, 5.41) is 10.2. The van der Waals surface area contributed by atoms with Crippen LogP contribution in [0.4, 0.5) is 10.5 Å². The second-order valence-corrected chi connectivity index (χ2v) is 8.23. The molecule has 24 heavy (non-hydrogen) atoms. The Morgan fingerprint density at radius 1 is 1.42 bits per heavy atom. The molecule has 0 saturated carbocycles. The van der Waals surface area contributed by atoms with E-state index in [0.717, 1.165) is 29.9 Å². The van der Waals surface area contributed by atoms with Crippen molar-refractivity contribution in [3.05, 3.63) is 23.8 Å². The molecule has 2 heterocycles. The highest BCUT2D eigenvalue weighted by Gasteiger charge is 2.43. The maximum atomic E-state index is 11.8. The molecule has 0 aliphatic carbocycles. The number of hydrogen-bond donors (Lipinski definition) is 2. The van der Waals surface area contributed by atoms with E-state index < -0.39 is 17.2 Å². The molecule has 2 aliphatic heterocycles. The van der Waals surface area contributed by atoms with Crippen LogP contribution in [0.3, 0.4) is 0 Å². The zero-order valence-corrected chi connectivity index (χ0v) is 15.0. The summed E-state index contributed by atoms with van der Waals surface area (Å²) in [5.41, 5.74) is 6.59. The maximum absolute atomic E-state index is 11.8. The van der Waals surface area contributed by atoms with Gasteiger partial charge in [0.15, 0.2) is 5.17 Å². The summed E-state index contributed by atoms with van der Waals surface area (Å²) >= 11 is 1.50. The number of aliphatic imine (C=N–C) groups is 1. The number of nitrogen functional groups attached to an aromatic ring is 1. The Morgan fingerprint density at radius 2 is 2.17 bits per heavy atom. The van der Waals surface area contributed by atoms with Gasteiger partial charge in [0.1, 0.15) is 5.75 Å². The van der Waals surface area contributed by atoms with Gasteiger partial charge < -0.3 is 15.6 Å². The first kappa shape index (κ1) is 17.0. The number of benzene rings is 1. The van der Waals surface area contributed by atoms with Crippen LogP contribution >= 0.6 is 11.8 Å². The molecule has 1 unspecified atom stereocenters. The van der Waals surface area contributed by atoms with Gasteiger partial charge in [-0.05, 0) is 45.4 Å². The van der Waals surface area contributed by atoms with Gasteiger partial charge in [-0.3, -0.25) is 9.89 Å². The third-order valence-electron chi connectivity index (χ3n) is 4.39. The molecule has 130 valence electrons. The Bertz CT molecular complexity index is 699. The van der Waals surface area contributed by atoms with Crippen molar-refractivity contribution < 1.29 is 14.6 Å². The van der Waals surface area contributed by atoms with Crippen LogP contribution in [0.1, 0.15) is 39.2 Å². The van der Waals surface area contributed by atoms with E-state index in [2.05, 4.69) is 0 Å². The molecule has 0 radical (unpaired) electrons. The summed E-state index contributed by atoms with van der Waals surface area (Å²) in [5.74, 6) is 1.61. The fraction of sp³-hybridized carbons (Fsp3) is 0.529. The minimum atomic E-state index is -0.981. The molecule has 0 bridgehead atoms. The van der Waals surface area contributed by atoms with E-state index in [4.69, 9.17) is 15.5 Å². The van der Waals surface area contributed by atoms with Crippen LogP contribution in [0, 0.1) is 0 Å². The molecular formula is C17H23N3O3S. The van der Waals surface area contributed by atoms with Crippen molar-refractivity contribution in [2.45, 2.75) is 44.7 Å². The predicted molar refractivity (Wildman–Crippen MR) is 96.8 cm³/mol. The number of rotatable bonds is 0. The van der Waals surface area contributed by atoms with Crippen molar-refractivity contribution in [3.63, 3.8) is 0 Å². The number of ether oxygens (including phenoxy) is 1. The maximum Gasteiger partial charge on any atom is 0.413 e. The van der Waals surface area contributed by atoms with Gasteiger partial charge in [-0.15, -0.1) is 0 Å². The fourth-order valence-corrected chi connectivity index (χ4v) is 4.57. The SMILES string of the molecule is CC(C)(C)N(C(=O)O)C1=NC2(CCOc3ccc(N)cc32)CCS1. The lowest BCUT2D eigenvalue weighted by Gasteiger charge is -2.42. The lowest BCUT2D eigenvalue weighted by Crippen LogP contribution is -2.50. The molecule has 0 aromatic heterocycles. The van der Waals surface area contributed by atoms with Gasteiger partial charge in [0.05, 0.1) is 12.1 Å². The Kier molecular flexibility index (Phi) is 4.15. The van der Waals surface area contributed by atoms with Gasteiger partial charge in [0.2, 0.25) is 0 Å². The highest BCUT2D eigenvalue weighted by Crippen LogP contribution is 2.47. The normalized spacial score (nSPS) is 23.2. The van der Waals surface area contributed by atoms with E-state index in [9.17, 15) is 9.90 Å². The standard InChI is InChI=1S/C17H23N3O3S/c1-16(2,3)20(15(21)22)14-19-17(7-9-24-14)6-8-23-13-5-4-11(18)10-12(13)17/h4-5,10H,6-9,18H2,1-3H3,(H,21,22). The second-order valence-electron chi connectivity index (χ2n) is 7.17. The van der Waals surface area contributed by atoms with Gasteiger partial charge in [-0.1, -0.05) is 11.8 Å². The van der Waals surface area contributed by atoms with Crippen molar-refractivity contribution in [2.75, 3.05) is 18.1 Å². The quantitative estimate of drug-likeness (QED) is 0.700. The number of thioether (sulfide) groups is 1. The van der Waals surface area contributed by atoms with E-state index in [1.165, 1.54) is 16.7 Å². The summed E-state index contributed by atoms with van der Waals surface area (Å²) in [4.78, 5) is 18.1. The van der Waals surface area contributed by atoms with Gasteiger partial charge in [-0.25, -0.2) is 4.79 Å². The van der Waals surface area contributed by atoms with Crippen LogP contribution in [0.2, 0.25) is 0 Å². The predicted octanol–water partition coefficient (Wildman–Crippen LogP) is 3.52. The highest BCUT2D eigenvalue weighted by molar-refractivity contribution is 8.13. The van der Waals surface area contributed by atoms with Crippen molar-refractivity contribution >= 4 is 28.7 Å². The number of anilines is 1. The summed E-state index contributed by atoms with van der Waals surface area (Å²) in [7, 11) is 0. The second kappa shape index (κ2) is 5.88. The van der Waals surface area contributed by atoms with E-state index in [1.807, 2.05) is 39.0 Å².